The molecule has 0 amide bonds. The second kappa shape index (κ2) is 4.73. The number of allylic oxidation sites excluding steroid dienone is 1. The second-order valence-corrected chi connectivity index (χ2v) is 4.34. The van der Waals surface area contributed by atoms with Crippen molar-refractivity contribution in [1.82, 2.24) is 0 Å². The number of ketones is 1. The highest BCUT2D eigenvalue weighted by molar-refractivity contribution is 6.52. The maximum Gasteiger partial charge on any atom is 0.344 e. The van der Waals surface area contributed by atoms with Crippen LogP contribution in [-0.4, -0.2) is 34.9 Å². The van der Waals surface area contributed by atoms with Crippen LogP contribution in [0.5, 0.6) is 0 Å². The molecule has 0 fully saturated rings. The van der Waals surface area contributed by atoms with Crippen LogP contribution in [0.15, 0.2) is 10.6 Å². The van der Waals surface area contributed by atoms with Gasteiger partial charge in [-0.25, -0.2) is 4.79 Å². The first-order valence-electron chi connectivity index (χ1n) is 4.79. The van der Waals surface area contributed by atoms with Gasteiger partial charge in [0, 0.05) is 0 Å². The molecule has 6 heteroatoms. The number of carbonyl (C=O) groups is 2. The van der Waals surface area contributed by atoms with Crippen LogP contribution >= 0.6 is 23.2 Å². The van der Waals surface area contributed by atoms with Crippen molar-refractivity contribution < 1.29 is 19.4 Å². The van der Waals surface area contributed by atoms with E-state index in [1.807, 2.05) is 6.92 Å². The van der Waals surface area contributed by atoms with Gasteiger partial charge in [-0.2, -0.15) is 0 Å². The minimum atomic E-state index is -2.12. The number of esters is 1. The summed E-state index contributed by atoms with van der Waals surface area (Å²) >= 11 is 11.5. The summed E-state index contributed by atoms with van der Waals surface area (Å²) in [5.74, 6) is -1.60. The molecule has 0 radical (unpaired) electrons. The molecule has 0 saturated carbocycles. The Hall–Kier alpha value is -0.580. The summed E-state index contributed by atoms with van der Waals surface area (Å²) in [5.41, 5.74) is -1.98. The fourth-order valence-electron chi connectivity index (χ4n) is 1.70. The lowest BCUT2D eigenvalue weighted by Crippen LogP contribution is -2.48. The molecule has 0 aliphatic heterocycles. The van der Waals surface area contributed by atoms with Crippen LogP contribution in [-0.2, 0) is 14.3 Å². The van der Waals surface area contributed by atoms with E-state index >= 15 is 0 Å². The van der Waals surface area contributed by atoms with E-state index in [2.05, 4.69) is 4.74 Å². The summed E-state index contributed by atoms with van der Waals surface area (Å²) in [6.45, 7) is 1.83. The smallest absolute Gasteiger partial charge is 0.344 e. The Morgan fingerprint density at radius 2 is 2.19 bits per heavy atom. The number of halogens is 2. The monoisotopic (exact) mass is 266 g/mol. The van der Waals surface area contributed by atoms with E-state index in [1.54, 1.807) is 0 Å². The van der Waals surface area contributed by atoms with E-state index in [9.17, 15) is 14.7 Å². The van der Waals surface area contributed by atoms with Crippen LogP contribution in [0.4, 0.5) is 0 Å². The summed E-state index contributed by atoms with van der Waals surface area (Å²) in [5, 5.41) is 8.62. The molecule has 1 aliphatic carbocycles. The van der Waals surface area contributed by atoms with E-state index in [4.69, 9.17) is 23.2 Å². The van der Waals surface area contributed by atoms with Gasteiger partial charge in [0.15, 0.2) is 5.78 Å². The van der Waals surface area contributed by atoms with Crippen molar-refractivity contribution in [3.05, 3.63) is 10.6 Å². The topological polar surface area (TPSA) is 63.6 Å². The van der Waals surface area contributed by atoms with Gasteiger partial charge in [0.1, 0.15) is 5.38 Å². The molecule has 90 valence electrons. The molecular formula is C10H12Cl2O4. The van der Waals surface area contributed by atoms with Crippen LogP contribution < -0.4 is 0 Å². The number of rotatable bonds is 3. The predicted octanol–water partition coefficient (Wildman–Crippen LogP) is 1.37. The summed E-state index contributed by atoms with van der Waals surface area (Å²) in [6.07, 6.45) is 0.946. The van der Waals surface area contributed by atoms with Gasteiger partial charge in [-0.3, -0.25) is 4.79 Å². The van der Waals surface area contributed by atoms with Crippen molar-refractivity contribution in [3.63, 3.8) is 0 Å². The van der Waals surface area contributed by atoms with E-state index in [1.165, 1.54) is 0 Å². The van der Waals surface area contributed by atoms with Gasteiger partial charge in [-0.05, 0) is 12.0 Å². The molecule has 4 nitrogen and oxygen atoms in total. The summed E-state index contributed by atoms with van der Waals surface area (Å²) < 4.78 is 4.46. The van der Waals surface area contributed by atoms with Crippen molar-refractivity contribution >= 4 is 35.0 Å². The Kier molecular flexibility index (Phi) is 3.99. The highest BCUT2D eigenvalue weighted by Gasteiger charge is 2.57. The molecule has 0 aromatic rings. The normalized spacial score (nSPS) is 29.8. The molecule has 0 bridgehead atoms. The Labute approximate surface area is 103 Å². The van der Waals surface area contributed by atoms with Crippen LogP contribution in [0.25, 0.3) is 0 Å². The largest absolute Gasteiger partial charge is 0.467 e. The first-order chi connectivity index (χ1) is 7.41. The minimum Gasteiger partial charge on any atom is -0.467 e. The van der Waals surface area contributed by atoms with E-state index in [0.717, 1.165) is 7.11 Å². The number of Topliss-reactive ketones (excluding diaryl/α,β-unsaturated/α-hetero) is 1. The zero-order valence-corrected chi connectivity index (χ0v) is 10.4. The van der Waals surface area contributed by atoms with E-state index in [0.29, 0.717) is 12.8 Å². The van der Waals surface area contributed by atoms with Gasteiger partial charge >= 0.3 is 5.97 Å². The quantitative estimate of drug-likeness (QED) is 0.619. The summed E-state index contributed by atoms with van der Waals surface area (Å²) in [7, 11) is 1.12. The van der Waals surface area contributed by atoms with Gasteiger partial charge in [0.2, 0.25) is 5.60 Å². The SMILES string of the molecule is CCCC1=C(Cl)C(=O)[C@H](Cl)[C@]1(O)C(=O)OC. The molecule has 16 heavy (non-hydrogen) atoms. The molecule has 0 unspecified atom stereocenters. The second-order valence-electron chi connectivity index (χ2n) is 3.53. The van der Waals surface area contributed by atoms with Crippen LogP contribution in [0.1, 0.15) is 19.8 Å². The summed E-state index contributed by atoms with van der Waals surface area (Å²) in [4.78, 5) is 23.1. The fraction of sp³-hybridized carbons (Fsp3) is 0.600. The molecule has 1 rings (SSSR count). The molecule has 0 aromatic carbocycles. The van der Waals surface area contributed by atoms with Crippen LogP contribution in [0.2, 0.25) is 0 Å². The average Bonchev–Trinajstić information content (AvgIpc) is 2.44. The maximum absolute atomic E-state index is 11.5. The fourth-order valence-corrected chi connectivity index (χ4v) is 2.44. The van der Waals surface area contributed by atoms with Crippen molar-refractivity contribution in [3.8, 4) is 0 Å². The number of methoxy groups -OCH3 is 1. The van der Waals surface area contributed by atoms with Gasteiger partial charge in [0.25, 0.3) is 0 Å². The van der Waals surface area contributed by atoms with Crippen molar-refractivity contribution in [2.45, 2.75) is 30.7 Å². The predicted molar refractivity (Wildman–Crippen MR) is 59.4 cm³/mol. The molecule has 0 heterocycles. The van der Waals surface area contributed by atoms with Gasteiger partial charge in [-0.15, -0.1) is 11.6 Å². The van der Waals surface area contributed by atoms with Gasteiger partial charge in [-0.1, -0.05) is 24.9 Å². The molecular weight excluding hydrogens is 255 g/mol. The lowest BCUT2D eigenvalue weighted by molar-refractivity contribution is -0.158. The molecule has 0 aromatic heterocycles. The minimum absolute atomic E-state index is 0.147. The summed E-state index contributed by atoms with van der Waals surface area (Å²) in [6, 6.07) is 0. The van der Waals surface area contributed by atoms with Crippen molar-refractivity contribution in [2.24, 2.45) is 0 Å². The maximum atomic E-state index is 11.5. The highest BCUT2D eigenvalue weighted by atomic mass is 35.5. The number of carbonyl (C=O) groups excluding carboxylic acids is 2. The zero-order valence-electron chi connectivity index (χ0n) is 8.92. The number of alkyl halides is 1. The first-order valence-corrected chi connectivity index (χ1v) is 5.60. The molecule has 1 aliphatic rings. The molecule has 0 saturated heterocycles. The average molecular weight is 267 g/mol. The standard InChI is InChI=1S/C10H12Cl2O4/c1-3-4-5-6(11)7(13)8(12)10(5,15)9(14)16-2/h8,15H,3-4H2,1-2H3/t8-,10-/m0/s1. The van der Waals surface area contributed by atoms with E-state index in [-0.39, 0.29) is 10.6 Å². The van der Waals surface area contributed by atoms with Crippen LogP contribution in [0.3, 0.4) is 0 Å². The lowest BCUT2D eigenvalue weighted by atomic mass is 9.92. The van der Waals surface area contributed by atoms with Crippen molar-refractivity contribution in [1.29, 1.82) is 0 Å². The lowest BCUT2D eigenvalue weighted by Gasteiger charge is -2.25. The Morgan fingerprint density at radius 3 is 2.62 bits per heavy atom. The van der Waals surface area contributed by atoms with Gasteiger partial charge < -0.3 is 9.84 Å². The number of aliphatic hydroxyl groups is 1. The number of hydrogen-bond donors (Lipinski definition) is 1. The van der Waals surface area contributed by atoms with Crippen molar-refractivity contribution in [2.75, 3.05) is 7.11 Å². The molecule has 2 atom stereocenters. The van der Waals surface area contributed by atoms with Crippen LogP contribution in [0, 0.1) is 0 Å². The zero-order chi connectivity index (χ0) is 12.5. The third kappa shape index (κ3) is 1.75. The highest BCUT2D eigenvalue weighted by Crippen LogP contribution is 2.41. The number of hydrogen-bond acceptors (Lipinski definition) is 4. The Bertz CT molecular complexity index is 364. The Morgan fingerprint density at radius 1 is 1.62 bits per heavy atom. The number of ether oxygens (including phenoxy) is 1. The Balaban J connectivity index is 3.26. The first kappa shape index (κ1) is 13.5. The third-order valence-electron chi connectivity index (χ3n) is 2.53. The van der Waals surface area contributed by atoms with Gasteiger partial charge in [0.05, 0.1) is 12.1 Å². The molecule has 0 spiro atoms. The van der Waals surface area contributed by atoms with E-state index < -0.39 is 22.7 Å². The third-order valence-corrected chi connectivity index (χ3v) is 3.46. The molecule has 1 N–H and O–H groups in total.